The number of furan rings is 1. The number of aliphatic hydroxyl groups excluding tert-OH is 1. The highest BCUT2D eigenvalue weighted by Gasteiger charge is 2.24. The van der Waals surface area contributed by atoms with Crippen LogP contribution >= 0.6 is 0 Å². The van der Waals surface area contributed by atoms with E-state index in [0.29, 0.717) is 0 Å². The Hall–Kier alpha value is -1.38. The van der Waals surface area contributed by atoms with Crippen LogP contribution in [0.25, 0.3) is 0 Å². The molecule has 0 spiro atoms. The number of hydrogen-bond acceptors (Lipinski definition) is 5. The van der Waals surface area contributed by atoms with E-state index in [9.17, 15) is 13.2 Å². The molecule has 1 atom stereocenters. The maximum absolute atomic E-state index is 11.8. The van der Waals surface area contributed by atoms with E-state index in [2.05, 4.69) is 4.72 Å². The second kappa shape index (κ2) is 4.86. The number of nitrogens with one attached hydrogen (secondary N) is 1. The van der Waals surface area contributed by atoms with Gasteiger partial charge >= 0.3 is 5.97 Å². The van der Waals surface area contributed by atoms with Gasteiger partial charge in [0.2, 0.25) is 15.8 Å². The maximum Gasteiger partial charge on any atom is 0.371 e. The summed E-state index contributed by atoms with van der Waals surface area (Å²) in [7, 11) is -3.88. The molecule has 1 aromatic heterocycles. The van der Waals surface area contributed by atoms with Gasteiger partial charge in [0.25, 0.3) is 0 Å². The van der Waals surface area contributed by atoms with Crippen LogP contribution in [-0.4, -0.2) is 37.2 Å². The van der Waals surface area contributed by atoms with Gasteiger partial charge in [0, 0.05) is 12.1 Å². The lowest BCUT2D eigenvalue weighted by molar-refractivity contribution is 0.0661. The average Bonchev–Trinajstić information content (AvgIpc) is 2.60. The van der Waals surface area contributed by atoms with E-state index in [1.54, 1.807) is 0 Å². The van der Waals surface area contributed by atoms with Gasteiger partial charge in [-0.05, 0) is 13.8 Å². The molecule has 3 N–H and O–H groups in total. The fraction of sp³-hybridized carbons (Fsp3) is 0.444. The van der Waals surface area contributed by atoms with E-state index in [1.165, 1.54) is 13.8 Å². The molecule has 0 aromatic carbocycles. The number of hydrogen-bond donors (Lipinski definition) is 3. The topological polar surface area (TPSA) is 117 Å². The molecule has 0 radical (unpaired) electrons. The van der Waals surface area contributed by atoms with Crippen LogP contribution in [0, 0.1) is 6.92 Å². The Bertz CT molecular complexity index is 518. The number of carboxylic acid groups (broad SMARTS) is 1. The lowest BCUT2D eigenvalue weighted by Gasteiger charge is -2.10. The van der Waals surface area contributed by atoms with Crippen molar-refractivity contribution < 1.29 is 27.8 Å². The van der Waals surface area contributed by atoms with Crippen molar-refractivity contribution in [2.75, 3.05) is 6.61 Å². The Morgan fingerprint density at radius 2 is 2.18 bits per heavy atom. The highest BCUT2D eigenvalue weighted by Crippen LogP contribution is 2.20. The average molecular weight is 263 g/mol. The minimum atomic E-state index is -3.88. The first-order valence-corrected chi connectivity index (χ1v) is 6.23. The van der Waals surface area contributed by atoms with E-state index in [0.717, 1.165) is 6.07 Å². The van der Waals surface area contributed by atoms with Crippen LogP contribution in [0.3, 0.4) is 0 Å². The van der Waals surface area contributed by atoms with Crippen molar-refractivity contribution in [3.63, 3.8) is 0 Å². The quantitative estimate of drug-likeness (QED) is 0.685. The predicted molar refractivity (Wildman–Crippen MR) is 57.3 cm³/mol. The SMILES string of the molecule is Cc1oc(C(=O)O)cc1S(=O)(=O)N[C@@H](C)CO. The molecule has 0 unspecified atom stereocenters. The summed E-state index contributed by atoms with van der Waals surface area (Å²) in [4.78, 5) is 10.4. The molecule has 1 heterocycles. The smallest absolute Gasteiger partial charge is 0.371 e. The molecule has 7 nitrogen and oxygen atoms in total. The third-order valence-corrected chi connectivity index (χ3v) is 3.70. The fourth-order valence-electron chi connectivity index (χ4n) is 1.20. The number of aromatic carboxylic acids is 1. The minimum Gasteiger partial charge on any atom is -0.475 e. The zero-order chi connectivity index (χ0) is 13.2. The van der Waals surface area contributed by atoms with E-state index in [4.69, 9.17) is 14.6 Å². The van der Waals surface area contributed by atoms with Crippen LogP contribution < -0.4 is 4.72 Å². The first-order chi connectivity index (χ1) is 7.77. The van der Waals surface area contributed by atoms with Crippen molar-refractivity contribution in [1.29, 1.82) is 0 Å². The Morgan fingerprint density at radius 1 is 1.59 bits per heavy atom. The van der Waals surface area contributed by atoms with Gasteiger partial charge in [0.1, 0.15) is 10.7 Å². The molecule has 0 amide bonds. The first kappa shape index (κ1) is 13.7. The van der Waals surface area contributed by atoms with Gasteiger partial charge in [0.05, 0.1) is 6.61 Å². The maximum atomic E-state index is 11.8. The van der Waals surface area contributed by atoms with Gasteiger partial charge < -0.3 is 14.6 Å². The lowest BCUT2D eigenvalue weighted by atomic mass is 10.4. The molecular weight excluding hydrogens is 250 g/mol. The molecule has 0 fully saturated rings. The Kier molecular flexibility index (Phi) is 3.91. The van der Waals surface area contributed by atoms with Crippen LogP contribution in [0.1, 0.15) is 23.2 Å². The fourth-order valence-corrected chi connectivity index (χ4v) is 2.62. The summed E-state index contributed by atoms with van der Waals surface area (Å²) in [6.45, 7) is 2.47. The molecule has 1 aromatic rings. The number of sulfonamides is 1. The number of carbonyl (C=O) groups is 1. The van der Waals surface area contributed by atoms with Crippen molar-refractivity contribution >= 4 is 16.0 Å². The zero-order valence-electron chi connectivity index (χ0n) is 9.30. The molecule has 0 aliphatic heterocycles. The van der Waals surface area contributed by atoms with Gasteiger partial charge in [-0.15, -0.1) is 0 Å². The Morgan fingerprint density at radius 3 is 2.59 bits per heavy atom. The molecule has 8 heteroatoms. The van der Waals surface area contributed by atoms with Gasteiger partial charge in [-0.3, -0.25) is 0 Å². The van der Waals surface area contributed by atoms with Crippen LogP contribution in [0.5, 0.6) is 0 Å². The van der Waals surface area contributed by atoms with Gasteiger partial charge in [-0.2, -0.15) is 0 Å². The standard InChI is InChI=1S/C9H13NO6S/c1-5(4-11)10-17(14,15)8-3-7(9(12)13)16-6(8)2/h3,5,10-11H,4H2,1-2H3,(H,12,13)/t5-/m0/s1. The van der Waals surface area contributed by atoms with Gasteiger partial charge in [-0.25, -0.2) is 17.9 Å². The summed E-state index contributed by atoms with van der Waals surface area (Å²) in [5.74, 6) is -1.80. The van der Waals surface area contributed by atoms with Crippen molar-refractivity contribution in [2.45, 2.75) is 24.8 Å². The number of aliphatic hydroxyl groups is 1. The van der Waals surface area contributed by atoms with E-state index in [-0.39, 0.29) is 17.3 Å². The van der Waals surface area contributed by atoms with E-state index >= 15 is 0 Å². The zero-order valence-corrected chi connectivity index (χ0v) is 10.1. The third kappa shape index (κ3) is 3.05. The normalized spacial score (nSPS) is 13.6. The number of rotatable bonds is 5. The lowest BCUT2D eigenvalue weighted by Crippen LogP contribution is -2.35. The van der Waals surface area contributed by atoms with Crippen molar-refractivity contribution in [3.05, 3.63) is 17.6 Å². The predicted octanol–water partition coefficient (Wildman–Crippen LogP) is -0.0547. The van der Waals surface area contributed by atoms with Crippen molar-refractivity contribution in [3.8, 4) is 0 Å². The molecule has 96 valence electrons. The summed E-state index contributed by atoms with van der Waals surface area (Å²) in [6.07, 6.45) is 0. The van der Waals surface area contributed by atoms with Crippen molar-refractivity contribution in [1.82, 2.24) is 4.72 Å². The second-order valence-corrected chi connectivity index (χ2v) is 5.22. The molecule has 0 bridgehead atoms. The van der Waals surface area contributed by atoms with E-state index in [1.807, 2.05) is 0 Å². The largest absolute Gasteiger partial charge is 0.475 e. The number of carboxylic acids is 1. The third-order valence-electron chi connectivity index (χ3n) is 2.00. The summed E-state index contributed by atoms with van der Waals surface area (Å²) in [5, 5.41) is 17.4. The first-order valence-electron chi connectivity index (χ1n) is 4.75. The summed E-state index contributed by atoms with van der Waals surface area (Å²) >= 11 is 0. The van der Waals surface area contributed by atoms with Gasteiger partial charge in [-0.1, -0.05) is 0 Å². The molecule has 17 heavy (non-hydrogen) atoms. The molecular formula is C9H13NO6S. The molecule has 0 aliphatic rings. The minimum absolute atomic E-state index is 0.0139. The van der Waals surface area contributed by atoms with Crippen LogP contribution in [0.2, 0.25) is 0 Å². The monoisotopic (exact) mass is 263 g/mol. The van der Waals surface area contributed by atoms with Crippen LogP contribution in [-0.2, 0) is 10.0 Å². The Balaban J connectivity index is 3.11. The molecule has 0 saturated heterocycles. The Labute approximate surface area is 98.1 Å². The molecule has 1 rings (SSSR count). The van der Waals surface area contributed by atoms with Gasteiger partial charge in [0.15, 0.2) is 0 Å². The van der Waals surface area contributed by atoms with Crippen LogP contribution in [0.4, 0.5) is 0 Å². The summed E-state index contributed by atoms with van der Waals surface area (Å²) in [5.41, 5.74) is 0. The number of aryl methyl sites for hydroxylation is 1. The highest BCUT2D eigenvalue weighted by atomic mass is 32.2. The molecule has 0 saturated carbocycles. The second-order valence-electron chi connectivity index (χ2n) is 3.54. The highest BCUT2D eigenvalue weighted by molar-refractivity contribution is 7.89. The van der Waals surface area contributed by atoms with Crippen molar-refractivity contribution in [2.24, 2.45) is 0 Å². The van der Waals surface area contributed by atoms with E-state index < -0.39 is 27.8 Å². The summed E-state index contributed by atoms with van der Waals surface area (Å²) < 4.78 is 30.5. The van der Waals surface area contributed by atoms with Crippen LogP contribution in [0.15, 0.2) is 15.4 Å². The molecule has 0 aliphatic carbocycles. The summed E-state index contributed by atoms with van der Waals surface area (Å²) in [6, 6.07) is 0.270.